The van der Waals surface area contributed by atoms with Gasteiger partial charge in [-0.1, -0.05) is 23.7 Å². The number of aryl methyl sites for hydroxylation is 1. The third kappa shape index (κ3) is 3.69. The molecule has 3 aromatic rings. The Balaban J connectivity index is 1.91. The number of hydrogen-bond acceptors (Lipinski definition) is 4. The Kier molecular flexibility index (Phi) is 5.47. The molecular formula is C22H21ClN2O2S. The molecule has 4 rings (SSSR count). The summed E-state index contributed by atoms with van der Waals surface area (Å²) >= 11 is 8.27. The van der Waals surface area contributed by atoms with Crippen molar-refractivity contribution in [3.63, 3.8) is 0 Å². The van der Waals surface area contributed by atoms with Crippen molar-refractivity contribution in [3.05, 3.63) is 64.3 Å². The Morgan fingerprint density at radius 3 is 2.75 bits per heavy atom. The number of pyridine rings is 1. The lowest BCUT2D eigenvalue weighted by molar-refractivity contribution is 0.0698. The Labute approximate surface area is 173 Å². The number of nitrogens with zero attached hydrogens (tertiary/aromatic N) is 1. The zero-order valence-corrected chi connectivity index (χ0v) is 17.1. The van der Waals surface area contributed by atoms with Crippen molar-refractivity contribution in [1.82, 2.24) is 4.98 Å². The number of carbonyl (C=O) groups is 1. The van der Waals surface area contributed by atoms with Gasteiger partial charge in [-0.05, 0) is 72.6 Å². The van der Waals surface area contributed by atoms with Crippen molar-refractivity contribution >= 4 is 51.6 Å². The molecular weight excluding hydrogens is 392 g/mol. The fourth-order valence-electron chi connectivity index (χ4n) is 3.77. The second-order valence-corrected chi connectivity index (χ2v) is 8.73. The van der Waals surface area contributed by atoms with Gasteiger partial charge in [-0.3, -0.25) is 4.98 Å². The van der Waals surface area contributed by atoms with Gasteiger partial charge >= 0.3 is 5.97 Å². The molecule has 0 aliphatic carbocycles. The molecule has 1 aliphatic heterocycles. The largest absolute Gasteiger partial charge is 0.478 e. The molecule has 0 spiro atoms. The molecule has 2 aromatic carbocycles. The number of aromatic nitrogens is 1. The van der Waals surface area contributed by atoms with Gasteiger partial charge in [0.25, 0.3) is 0 Å². The van der Waals surface area contributed by atoms with E-state index in [1.165, 1.54) is 0 Å². The van der Waals surface area contributed by atoms with Crippen LogP contribution in [0.3, 0.4) is 0 Å². The average molecular weight is 413 g/mol. The lowest BCUT2D eigenvalue weighted by Crippen LogP contribution is -2.12. The van der Waals surface area contributed by atoms with Crippen LogP contribution >= 0.6 is 23.4 Å². The lowest BCUT2D eigenvalue weighted by Gasteiger charge is -2.26. The molecule has 6 heteroatoms. The zero-order chi connectivity index (χ0) is 19.7. The molecule has 1 saturated heterocycles. The number of nitrogens with one attached hydrogen (secondary N) is 1. The van der Waals surface area contributed by atoms with Gasteiger partial charge in [0.1, 0.15) is 0 Å². The quantitative estimate of drug-likeness (QED) is 0.530. The van der Waals surface area contributed by atoms with E-state index in [1.54, 1.807) is 12.1 Å². The first-order chi connectivity index (χ1) is 13.5. The normalized spacial score (nSPS) is 14.9. The number of carboxylic acid groups (broad SMARTS) is 1. The minimum Gasteiger partial charge on any atom is -0.478 e. The third-order valence-electron chi connectivity index (χ3n) is 5.27. The topological polar surface area (TPSA) is 62.2 Å². The van der Waals surface area contributed by atoms with Crippen LogP contribution in [-0.2, 0) is 0 Å². The molecule has 0 amide bonds. The van der Waals surface area contributed by atoms with Crippen LogP contribution in [0.1, 0.15) is 40.2 Å². The maximum Gasteiger partial charge on any atom is 0.337 e. The number of para-hydroxylation sites is 1. The van der Waals surface area contributed by atoms with Crippen LogP contribution in [0.2, 0.25) is 5.02 Å². The summed E-state index contributed by atoms with van der Waals surface area (Å²) in [4.78, 5) is 16.5. The predicted octanol–water partition coefficient (Wildman–Crippen LogP) is 6.25. The number of rotatable bonds is 4. The maximum atomic E-state index is 11.8. The van der Waals surface area contributed by atoms with Gasteiger partial charge in [0.05, 0.1) is 22.5 Å². The number of halogens is 1. The van der Waals surface area contributed by atoms with E-state index in [1.807, 2.05) is 49.1 Å². The Bertz CT molecular complexity index is 1050. The second-order valence-electron chi connectivity index (χ2n) is 7.06. The zero-order valence-electron chi connectivity index (χ0n) is 15.5. The molecule has 2 N–H and O–H groups in total. The molecule has 0 unspecified atom stereocenters. The Morgan fingerprint density at radius 1 is 1.21 bits per heavy atom. The van der Waals surface area contributed by atoms with Gasteiger partial charge in [-0.25, -0.2) is 4.79 Å². The highest BCUT2D eigenvalue weighted by molar-refractivity contribution is 7.99. The van der Waals surface area contributed by atoms with Crippen LogP contribution in [0.25, 0.3) is 10.9 Å². The number of thioether (sulfide) groups is 1. The van der Waals surface area contributed by atoms with Crippen molar-refractivity contribution in [1.29, 1.82) is 0 Å². The molecule has 0 bridgehead atoms. The molecule has 0 atom stereocenters. The van der Waals surface area contributed by atoms with E-state index in [0.717, 1.165) is 52.1 Å². The summed E-state index contributed by atoms with van der Waals surface area (Å²) in [6.07, 6.45) is 4.12. The molecule has 28 heavy (non-hydrogen) atoms. The van der Waals surface area contributed by atoms with Crippen LogP contribution in [0.15, 0.2) is 42.6 Å². The fourth-order valence-corrected chi connectivity index (χ4v) is 5.05. The summed E-state index contributed by atoms with van der Waals surface area (Å²) < 4.78 is 0. The smallest absolute Gasteiger partial charge is 0.337 e. The van der Waals surface area contributed by atoms with Crippen LogP contribution < -0.4 is 5.32 Å². The first kappa shape index (κ1) is 19.1. The highest BCUT2D eigenvalue weighted by Gasteiger charge is 2.23. The molecule has 1 aromatic heterocycles. The van der Waals surface area contributed by atoms with E-state index in [9.17, 15) is 9.90 Å². The van der Waals surface area contributed by atoms with Crippen LogP contribution in [0.5, 0.6) is 0 Å². The van der Waals surface area contributed by atoms with Crippen molar-refractivity contribution in [2.75, 3.05) is 16.8 Å². The van der Waals surface area contributed by atoms with Crippen LogP contribution in [0, 0.1) is 6.92 Å². The van der Waals surface area contributed by atoms with Crippen molar-refractivity contribution in [2.24, 2.45) is 0 Å². The maximum absolute atomic E-state index is 11.8. The number of fused-ring (bicyclic) bond motifs is 1. The number of benzene rings is 2. The fraction of sp³-hybridized carbons (Fsp3) is 0.273. The minimum absolute atomic E-state index is 0.261. The number of hydrogen-bond donors (Lipinski definition) is 2. The average Bonchev–Trinajstić information content (AvgIpc) is 2.70. The summed E-state index contributed by atoms with van der Waals surface area (Å²) in [6, 6.07) is 11.0. The van der Waals surface area contributed by atoms with E-state index in [2.05, 4.69) is 10.3 Å². The van der Waals surface area contributed by atoms with Gasteiger partial charge < -0.3 is 10.4 Å². The van der Waals surface area contributed by atoms with Crippen molar-refractivity contribution in [2.45, 2.75) is 25.7 Å². The SMILES string of the molecule is Cc1cccc(C(=O)O)c1Nc1c(C2CCSCC2)cnc2ccc(Cl)cc12. The molecule has 144 valence electrons. The number of aromatic carboxylic acids is 1. The summed E-state index contributed by atoms with van der Waals surface area (Å²) in [7, 11) is 0. The van der Waals surface area contributed by atoms with E-state index in [4.69, 9.17) is 11.6 Å². The summed E-state index contributed by atoms with van der Waals surface area (Å²) in [6.45, 7) is 1.92. The van der Waals surface area contributed by atoms with E-state index in [-0.39, 0.29) is 5.56 Å². The predicted molar refractivity (Wildman–Crippen MR) is 117 cm³/mol. The summed E-state index contributed by atoms with van der Waals surface area (Å²) in [5, 5.41) is 14.7. The Morgan fingerprint density at radius 2 is 2.00 bits per heavy atom. The van der Waals surface area contributed by atoms with Gasteiger partial charge in [-0.15, -0.1) is 0 Å². The molecule has 0 radical (unpaired) electrons. The standard InChI is InChI=1S/C22H21ClN2O2S/c1-13-3-2-4-16(22(26)27)20(13)25-21-17-11-15(23)5-6-19(17)24-12-18(21)14-7-9-28-10-8-14/h2-6,11-12,14H,7-10H2,1H3,(H,24,25)(H,26,27). The van der Waals surface area contributed by atoms with Gasteiger partial charge in [0, 0.05) is 16.6 Å². The monoisotopic (exact) mass is 412 g/mol. The lowest BCUT2D eigenvalue weighted by atomic mass is 9.91. The molecule has 0 saturated carbocycles. The van der Waals surface area contributed by atoms with Crippen molar-refractivity contribution in [3.8, 4) is 0 Å². The molecule has 2 heterocycles. The van der Waals surface area contributed by atoms with Crippen LogP contribution in [-0.4, -0.2) is 27.6 Å². The second kappa shape index (κ2) is 8.02. The van der Waals surface area contributed by atoms with Gasteiger partial charge in [0.2, 0.25) is 0 Å². The summed E-state index contributed by atoms with van der Waals surface area (Å²) in [5.41, 5.74) is 4.66. The highest BCUT2D eigenvalue weighted by Crippen LogP contribution is 2.40. The third-order valence-corrected chi connectivity index (χ3v) is 6.56. The molecule has 1 fully saturated rings. The highest BCUT2D eigenvalue weighted by atomic mass is 35.5. The first-order valence-electron chi connectivity index (χ1n) is 9.30. The minimum atomic E-state index is -0.946. The number of anilines is 2. The Hall–Kier alpha value is -2.24. The molecule has 4 nitrogen and oxygen atoms in total. The first-order valence-corrected chi connectivity index (χ1v) is 10.8. The van der Waals surface area contributed by atoms with Gasteiger partial charge in [0.15, 0.2) is 0 Å². The van der Waals surface area contributed by atoms with E-state index >= 15 is 0 Å². The van der Waals surface area contributed by atoms with E-state index in [0.29, 0.717) is 16.6 Å². The van der Waals surface area contributed by atoms with Crippen LogP contribution in [0.4, 0.5) is 11.4 Å². The summed E-state index contributed by atoms with van der Waals surface area (Å²) in [5.74, 6) is 1.71. The molecule has 1 aliphatic rings. The van der Waals surface area contributed by atoms with Crippen molar-refractivity contribution < 1.29 is 9.90 Å². The number of carboxylic acids is 1. The van der Waals surface area contributed by atoms with Gasteiger partial charge in [-0.2, -0.15) is 11.8 Å². The van der Waals surface area contributed by atoms with E-state index < -0.39 is 5.97 Å².